The quantitative estimate of drug-likeness (QED) is 0.758. The van der Waals surface area contributed by atoms with Crippen molar-refractivity contribution in [3.05, 3.63) is 22.2 Å². The Hall–Kier alpha value is -1.41. The van der Waals surface area contributed by atoms with Crippen LogP contribution in [0.1, 0.15) is 5.82 Å². The van der Waals surface area contributed by atoms with Gasteiger partial charge in [0.25, 0.3) is 5.56 Å². The van der Waals surface area contributed by atoms with E-state index in [9.17, 15) is 13.2 Å². The molecule has 2 rings (SSSR count). The van der Waals surface area contributed by atoms with Gasteiger partial charge in [-0.2, -0.15) is 4.31 Å². The molecule has 0 amide bonds. The Morgan fingerprint density at radius 2 is 1.89 bits per heavy atom. The van der Waals surface area contributed by atoms with E-state index < -0.39 is 10.0 Å². The molecule has 1 fully saturated rings. The highest BCUT2D eigenvalue weighted by Gasteiger charge is 2.24. The molecule has 0 spiro atoms. The summed E-state index contributed by atoms with van der Waals surface area (Å²) >= 11 is 0. The topological polar surface area (TPSA) is 86.4 Å². The molecular weight excluding hydrogens is 256 g/mol. The number of H-pyrrole nitrogens is 1. The highest BCUT2D eigenvalue weighted by Crippen LogP contribution is 2.13. The van der Waals surface area contributed by atoms with Crippen LogP contribution in [0.15, 0.2) is 10.9 Å². The summed E-state index contributed by atoms with van der Waals surface area (Å²) in [5.74, 6) is 1.16. The van der Waals surface area contributed by atoms with Crippen LogP contribution < -0.4 is 10.5 Å². The number of aryl methyl sites for hydroxylation is 1. The SMILES string of the molecule is Cc1nc(N2CCN(S(C)(=O)=O)CC2)cc(=O)[nH]1. The van der Waals surface area contributed by atoms with Crippen LogP contribution in [-0.2, 0) is 10.0 Å². The highest BCUT2D eigenvalue weighted by molar-refractivity contribution is 7.88. The molecule has 0 unspecified atom stereocenters. The van der Waals surface area contributed by atoms with Crippen LogP contribution in [0, 0.1) is 6.92 Å². The third-order valence-corrected chi connectivity index (χ3v) is 4.18. The summed E-state index contributed by atoms with van der Waals surface area (Å²) in [4.78, 5) is 20.1. The summed E-state index contributed by atoms with van der Waals surface area (Å²) in [7, 11) is -3.13. The van der Waals surface area contributed by atoms with Gasteiger partial charge in [-0.1, -0.05) is 0 Å². The summed E-state index contributed by atoms with van der Waals surface area (Å²) in [6, 6.07) is 1.43. The van der Waals surface area contributed by atoms with Crippen molar-refractivity contribution in [2.75, 3.05) is 37.3 Å². The van der Waals surface area contributed by atoms with Crippen molar-refractivity contribution in [1.29, 1.82) is 0 Å². The summed E-state index contributed by atoms with van der Waals surface area (Å²) in [6.07, 6.45) is 1.21. The second-order valence-corrected chi connectivity index (χ2v) is 6.32. The van der Waals surface area contributed by atoms with Crippen molar-refractivity contribution in [1.82, 2.24) is 14.3 Å². The number of aromatic amines is 1. The average Bonchev–Trinajstić information content (AvgIpc) is 2.27. The van der Waals surface area contributed by atoms with E-state index in [2.05, 4.69) is 9.97 Å². The van der Waals surface area contributed by atoms with Crippen molar-refractivity contribution in [2.24, 2.45) is 0 Å². The molecule has 1 aliphatic heterocycles. The third kappa shape index (κ3) is 2.88. The van der Waals surface area contributed by atoms with Crippen molar-refractivity contribution in [3.63, 3.8) is 0 Å². The molecule has 0 bridgehead atoms. The number of nitrogens with one attached hydrogen (secondary N) is 1. The second-order valence-electron chi connectivity index (χ2n) is 4.34. The third-order valence-electron chi connectivity index (χ3n) is 2.88. The molecule has 8 heteroatoms. The maximum Gasteiger partial charge on any atom is 0.252 e. The molecule has 1 N–H and O–H groups in total. The fraction of sp³-hybridized carbons (Fsp3) is 0.600. The molecule has 0 radical (unpaired) electrons. The van der Waals surface area contributed by atoms with E-state index in [4.69, 9.17) is 0 Å². The maximum atomic E-state index is 11.4. The van der Waals surface area contributed by atoms with Gasteiger partial charge in [-0.25, -0.2) is 13.4 Å². The molecule has 0 saturated carbocycles. The average molecular weight is 272 g/mol. The van der Waals surface area contributed by atoms with Gasteiger partial charge in [0.2, 0.25) is 10.0 Å². The Bertz CT molecular complexity index is 587. The molecule has 1 aromatic heterocycles. The van der Waals surface area contributed by atoms with Gasteiger partial charge >= 0.3 is 0 Å². The lowest BCUT2D eigenvalue weighted by Crippen LogP contribution is -2.48. The number of hydrogen-bond acceptors (Lipinski definition) is 5. The minimum Gasteiger partial charge on any atom is -0.354 e. The number of hydrogen-bond donors (Lipinski definition) is 1. The van der Waals surface area contributed by atoms with E-state index in [0.717, 1.165) is 0 Å². The Morgan fingerprint density at radius 3 is 2.39 bits per heavy atom. The Kier molecular flexibility index (Phi) is 3.40. The standard InChI is InChI=1S/C10H16N4O3S/c1-8-11-9(7-10(15)12-8)13-3-5-14(6-4-13)18(2,16)17/h7H,3-6H2,1-2H3,(H,11,12,15). The molecule has 1 saturated heterocycles. The van der Waals surface area contributed by atoms with Gasteiger partial charge in [-0.15, -0.1) is 0 Å². The molecule has 18 heavy (non-hydrogen) atoms. The summed E-state index contributed by atoms with van der Waals surface area (Å²) in [5.41, 5.74) is -0.192. The first-order valence-corrected chi connectivity index (χ1v) is 7.49. The van der Waals surface area contributed by atoms with Gasteiger partial charge in [0.05, 0.1) is 6.26 Å². The largest absolute Gasteiger partial charge is 0.354 e. The summed E-state index contributed by atoms with van der Waals surface area (Å²) in [6.45, 7) is 3.66. The van der Waals surface area contributed by atoms with Crippen molar-refractivity contribution in [2.45, 2.75) is 6.92 Å². The minimum atomic E-state index is -3.13. The Morgan fingerprint density at radius 1 is 1.28 bits per heavy atom. The number of aromatic nitrogens is 2. The zero-order valence-corrected chi connectivity index (χ0v) is 11.2. The minimum absolute atomic E-state index is 0.192. The predicted molar refractivity (Wildman–Crippen MR) is 68.2 cm³/mol. The lowest BCUT2D eigenvalue weighted by Gasteiger charge is -2.33. The van der Waals surface area contributed by atoms with Gasteiger partial charge in [0, 0.05) is 32.2 Å². The molecule has 1 aliphatic rings. The van der Waals surface area contributed by atoms with Crippen LogP contribution in [0.5, 0.6) is 0 Å². The summed E-state index contributed by atoms with van der Waals surface area (Å²) < 4.78 is 24.2. The number of piperazine rings is 1. The van der Waals surface area contributed by atoms with Gasteiger partial charge in [0.1, 0.15) is 11.6 Å². The Labute approximate surface area is 105 Å². The lowest BCUT2D eigenvalue weighted by molar-refractivity contribution is 0.386. The number of anilines is 1. The zero-order valence-electron chi connectivity index (χ0n) is 10.4. The fourth-order valence-electron chi connectivity index (χ4n) is 1.97. The predicted octanol–water partition coefficient (Wildman–Crippen LogP) is -0.840. The molecule has 7 nitrogen and oxygen atoms in total. The van der Waals surface area contributed by atoms with Crippen LogP contribution in [0.25, 0.3) is 0 Å². The lowest BCUT2D eigenvalue weighted by atomic mass is 10.3. The van der Waals surface area contributed by atoms with Crippen LogP contribution in [0.3, 0.4) is 0 Å². The van der Waals surface area contributed by atoms with E-state index in [1.807, 2.05) is 4.90 Å². The Balaban J connectivity index is 2.12. The first-order chi connectivity index (χ1) is 8.36. The number of sulfonamides is 1. The van der Waals surface area contributed by atoms with E-state index in [1.54, 1.807) is 6.92 Å². The molecule has 1 aromatic rings. The fourth-order valence-corrected chi connectivity index (χ4v) is 2.80. The highest BCUT2D eigenvalue weighted by atomic mass is 32.2. The van der Waals surface area contributed by atoms with Crippen LogP contribution in [0.2, 0.25) is 0 Å². The zero-order chi connectivity index (χ0) is 13.3. The van der Waals surface area contributed by atoms with Gasteiger partial charge in [-0.3, -0.25) is 4.79 Å². The molecule has 2 heterocycles. The van der Waals surface area contributed by atoms with Gasteiger partial charge < -0.3 is 9.88 Å². The van der Waals surface area contributed by atoms with E-state index >= 15 is 0 Å². The van der Waals surface area contributed by atoms with E-state index in [-0.39, 0.29) is 5.56 Å². The van der Waals surface area contributed by atoms with Crippen LogP contribution in [0.4, 0.5) is 5.82 Å². The molecule has 100 valence electrons. The molecule has 0 atom stereocenters. The first kappa shape index (κ1) is 13.0. The van der Waals surface area contributed by atoms with Gasteiger partial charge in [-0.05, 0) is 6.92 Å². The van der Waals surface area contributed by atoms with Gasteiger partial charge in [0.15, 0.2) is 0 Å². The van der Waals surface area contributed by atoms with E-state index in [1.165, 1.54) is 16.6 Å². The number of rotatable bonds is 2. The number of nitrogens with zero attached hydrogens (tertiary/aromatic N) is 3. The monoisotopic (exact) mass is 272 g/mol. The van der Waals surface area contributed by atoms with E-state index in [0.29, 0.717) is 37.8 Å². The summed E-state index contributed by atoms with van der Waals surface area (Å²) in [5, 5.41) is 0. The molecule has 0 aliphatic carbocycles. The molecular formula is C10H16N4O3S. The van der Waals surface area contributed by atoms with Crippen LogP contribution >= 0.6 is 0 Å². The second kappa shape index (κ2) is 4.69. The molecule has 0 aromatic carbocycles. The van der Waals surface area contributed by atoms with Crippen molar-refractivity contribution >= 4 is 15.8 Å². The first-order valence-electron chi connectivity index (χ1n) is 5.64. The van der Waals surface area contributed by atoms with Crippen LogP contribution in [-0.4, -0.2) is 55.1 Å². The maximum absolute atomic E-state index is 11.4. The van der Waals surface area contributed by atoms with Crippen molar-refractivity contribution in [3.8, 4) is 0 Å². The van der Waals surface area contributed by atoms with Crippen molar-refractivity contribution < 1.29 is 8.42 Å². The smallest absolute Gasteiger partial charge is 0.252 e. The normalized spacial score (nSPS) is 18.0.